The summed E-state index contributed by atoms with van der Waals surface area (Å²) >= 11 is 1.76. The number of nitrogens with zero attached hydrogens (tertiary/aromatic N) is 6. The highest BCUT2D eigenvalue weighted by Gasteiger charge is 2.32. The Labute approximate surface area is 164 Å². The Morgan fingerprint density at radius 1 is 1.15 bits per heavy atom. The normalized spacial score (nSPS) is 18.5. The van der Waals surface area contributed by atoms with E-state index in [1.807, 2.05) is 0 Å². The second-order valence-corrected chi connectivity index (χ2v) is 8.94. The molecule has 0 N–H and O–H groups in total. The zero-order valence-electron chi connectivity index (χ0n) is 16.0. The van der Waals surface area contributed by atoms with E-state index in [1.165, 1.54) is 31.2 Å². The molecule has 3 aromatic rings. The Balaban J connectivity index is 1.36. The van der Waals surface area contributed by atoms with Crippen molar-refractivity contribution in [1.82, 2.24) is 24.1 Å². The highest BCUT2D eigenvalue weighted by atomic mass is 32.2. The van der Waals surface area contributed by atoms with Crippen LogP contribution in [0, 0.1) is 12.8 Å². The van der Waals surface area contributed by atoms with Crippen molar-refractivity contribution < 1.29 is 0 Å². The molecule has 4 heterocycles. The largest absolute Gasteiger partial charge is 0.341 e. The Kier molecular flexibility index (Phi) is 4.34. The third kappa shape index (κ3) is 3.33. The van der Waals surface area contributed by atoms with Gasteiger partial charge in [-0.25, -0.2) is 4.98 Å². The number of imidazole rings is 1. The monoisotopic (exact) mass is 382 g/mol. The fourth-order valence-corrected chi connectivity index (χ4v) is 4.74. The first kappa shape index (κ1) is 17.1. The molecule has 0 bridgehead atoms. The van der Waals surface area contributed by atoms with E-state index in [1.54, 1.807) is 11.8 Å². The van der Waals surface area contributed by atoms with Crippen LogP contribution < -0.4 is 4.90 Å². The number of hydrogen-bond acceptors (Lipinski definition) is 5. The van der Waals surface area contributed by atoms with Crippen LogP contribution in [0.3, 0.4) is 0 Å². The molecule has 6 nitrogen and oxygen atoms in total. The molecule has 7 heteroatoms. The molecule has 3 aromatic heterocycles. The van der Waals surface area contributed by atoms with Gasteiger partial charge in [0.15, 0.2) is 5.16 Å². The fourth-order valence-electron chi connectivity index (χ4n) is 3.86. The number of aromatic nitrogens is 5. The summed E-state index contributed by atoms with van der Waals surface area (Å²) in [7, 11) is 0. The van der Waals surface area contributed by atoms with Crippen LogP contribution in [0.2, 0.25) is 0 Å². The lowest BCUT2D eigenvalue weighted by atomic mass is 10.00. The maximum Gasteiger partial charge on any atom is 0.228 e. The third-order valence-corrected chi connectivity index (χ3v) is 6.68. The molecule has 0 unspecified atom stereocenters. The van der Waals surface area contributed by atoms with E-state index in [0.717, 1.165) is 47.2 Å². The Morgan fingerprint density at radius 2 is 1.96 bits per heavy atom. The SMILES string of the molecule is Cc1cccn2cc(CSc3nnc(N4CCC(C)CC4)n3C3CC3)nc12. The van der Waals surface area contributed by atoms with Crippen LogP contribution in [-0.4, -0.2) is 37.2 Å². The number of hydrogen-bond donors (Lipinski definition) is 0. The molecule has 1 saturated heterocycles. The summed E-state index contributed by atoms with van der Waals surface area (Å²) in [6.07, 6.45) is 9.18. The molecular weight excluding hydrogens is 356 g/mol. The molecule has 0 atom stereocenters. The molecule has 27 heavy (non-hydrogen) atoms. The number of piperidine rings is 1. The van der Waals surface area contributed by atoms with Crippen LogP contribution in [0.5, 0.6) is 0 Å². The quantitative estimate of drug-likeness (QED) is 0.622. The van der Waals surface area contributed by atoms with E-state index in [9.17, 15) is 0 Å². The fraction of sp³-hybridized carbons (Fsp3) is 0.550. The van der Waals surface area contributed by atoms with E-state index in [0.29, 0.717) is 6.04 Å². The van der Waals surface area contributed by atoms with Crippen molar-refractivity contribution in [2.75, 3.05) is 18.0 Å². The van der Waals surface area contributed by atoms with E-state index in [2.05, 4.69) is 62.4 Å². The average molecular weight is 383 g/mol. The molecule has 142 valence electrons. The number of thioether (sulfide) groups is 1. The second-order valence-electron chi connectivity index (χ2n) is 8.00. The minimum Gasteiger partial charge on any atom is -0.341 e. The van der Waals surface area contributed by atoms with E-state index >= 15 is 0 Å². The van der Waals surface area contributed by atoms with Gasteiger partial charge in [-0.1, -0.05) is 24.8 Å². The molecule has 0 aromatic carbocycles. The van der Waals surface area contributed by atoms with Gasteiger partial charge in [-0.3, -0.25) is 4.57 Å². The summed E-state index contributed by atoms with van der Waals surface area (Å²) in [4.78, 5) is 7.23. The van der Waals surface area contributed by atoms with Gasteiger partial charge in [-0.2, -0.15) is 0 Å². The van der Waals surface area contributed by atoms with Crippen LogP contribution >= 0.6 is 11.8 Å². The zero-order chi connectivity index (χ0) is 18.4. The van der Waals surface area contributed by atoms with Gasteiger partial charge in [0.25, 0.3) is 0 Å². The van der Waals surface area contributed by atoms with Crippen molar-refractivity contribution in [2.24, 2.45) is 5.92 Å². The summed E-state index contributed by atoms with van der Waals surface area (Å²) in [5.41, 5.74) is 3.34. The minimum absolute atomic E-state index is 0.583. The number of anilines is 1. The van der Waals surface area contributed by atoms with Crippen molar-refractivity contribution >= 4 is 23.4 Å². The van der Waals surface area contributed by atoms with E-state index < -0.39 is 0 Å². The van der Waals surface area contributed by atoms with Crippen LogP contribution in [0.15, 0.2) is 29.7 Å². The standard InChI is InChI=1S/C20H26N6S/c1-14-7-10-24(11-8-14)19-22-23-20(26(19)17-5-6-17)27-13-16-12-25-9-3-4-15(2)18(25)21-16/h3-4,9,12,14,17H,5-8,10-11,13H2,1-2H3. The van der Waals surface area contributed by atoms with Crippen molar-refractivity contribution in [1.29, 1.82) is 0 Å². The van der Waals surface area contributed by atoms with Crippen LogP contribution in [0.1, 0.15) is 49.9 Å². The average Bonchev–Trinajstić information content (AvgIpc) is 3.27. The highest BCUT2D eigenvalue weighted by molar-refractivity contribution is 7.98. The molecular formula is C20H26N6S. The lowest BCUT2D eigenvalue weighted by Crippen LogP contribution is -2.34. The second kappa shape index (κ2) is 6.86. The molecule has 1 saturated carbocycles. The third-order valence-electron chi connectivity index (χ3n) is 5.70. The number of pyridine rings is 1. The van der Waals surface area contributed by atoms with Crippen LogP contribution in [0.4, 0.5) is 5.95 Å². The zero-order valence-corrected chi connectivity index (χ0v) is 16.8. The molecule has 5 rings (SSSR count). The van der Waals surface area contributed by atoms with Gasteiger partial charge < -0.3 is 9.30 Å². The number of aryl methyl sites for hydroxylation is 1. The summed E-state index contributed by atoms with van der Waals surface area (Å²) in [5.74, 6) is 2.73. The molecule has 2 aliphatic rings. The first-order valence-electron chi connectivity index (χ1n) is 9.95. The van der Waals surface area contributed by atoms with Crippen LogP contribution in [-0.2, 0) is 5.75 Å². The Hall–Kier alpha value is -2.02. The molecule has 0 spiro atoms. The molecule has 1 aliphatic heterocycles. The maximum absolute atomic E-state index is 4.80. The number of rotatable bonds is 5. The first-order valence-corrected chi connectivity index (χ1v) is 10.9. The maximum atomic E-state index is 4.80. The predicted octanol–water partition coefficient (Wildman–Crippen LogP) is 4.10. The van der Waals surface area contributed by atoms with Gasteiger partial charge in [-0.05, 0) is 50.2 Å². The van der Waals surface area contributed by atoms with Gasteiger partial charge in [0.2, 0.25) is 5.95 Å². The van der Waals surface area contributed by atoms with Crippen molar-refractivity contribution in [3.8, 4) is 0 Å². The summed E-state index contributed by atoms with van der Waals surface area (Å²) in [6.45, 7) is 6.65. The molecule has 2 fully saturated rings. The number of fused-ring (bicyclic) bond motifs is 1. The summed E-state index contributed by atoms with van der Waals surface area (Å²) in [5, 5.41) is 10.2. The minimum atomic E-state index is 0.583. The first-order chi connectivity index (χ1) is 13.2. The Morgan fingerprint density at radius 3 is 2.70 bits per heavy atom. The van der Waals surface area contributed by atoms with Crippen molar-refractivity contribution in [3.63, 3.8) is 0 Å². The van der Waals surface area contributed by atoms with Gasteiger partial charge in [0.1, 0.15) is 5.65 Å². The van der Waals surface area contributed by atoms with Gasteiger partial charge in [-0.15, -0.1) is 10.2 Å². The lowest BCUT2D eigenvalue weighted by Gasteiger charge is -2.31. The van der Waals surface area contributed by atoms with Crippen LogP contribution in [0.25, 0.3) is 5.65 Å². The summed E-state index contributed by atoms with van der Waals surface area (Å²) in [6, 6.07) is 4.76. The molecule has 0 radical (unpaired) electrons. The predicted molar refractivity (Wildman–Crippen MR) is 108 cm³/mol. The van der Waals surface area contributed by atoms with Gasteiger partial charge >= 0.3 is 0 Å². The van der Waals surface area contributed by atoms with Gasteiger partial charge in [0, 0.05) is 37.3 Å². The van der Waals surface area contributed by atoms with E-state index in [4.69, 9.17) is 4.98 Å². The smallest absolute Gasteiger partial charge is 0.228 e. The summed E-state index contributed by atoms with van der Waals surface area (Å²) < 4.78 is 4.50. The van der Waals surface area contributed by atoms with Crippen molar-refractivity contribution in [2.45, 2.75) is 56.5 Å². The highest BCUT2D eigenvalue weighted by Crippen LogP contribution is 2.41. The topological polar surface area (TPSA) is 51.2 Å². The van der Waals surface area contributed by atoms with Crippen molar-refractivity contribution in [3.05, 3.63) is 35.8 Å². The van der Waals surface area contributed by atoms with Gasteiger partial charge in [0.05, 0.1) is 5.69 Å². The molecule has 0 amide bonds. The molecule has 1 aliphatic carbocycles. The lowest BCUT2D eigenvalue weighted by molar-refractivity contribution is 0.429. The Bertz CT molecular complexity index is 949. The van der Waals surface area contributed by atoms with E-state index in [-0.39, 0.29) is 0 Å².